The summed E-state index contributed by atoms with van der Waals surface area (Å²) >= 11 is 0. The molecule has 3 rings (SSSR count). The molecule has 4 atom stereocenters. The van der Waals surface area contributed by atoms with Gasteiger partial charge in [-0.15, -0.1) is 0 Å². The van der Waals surface area contributed by atoms with Crippen LogP contribution >= 0.6 is 0 Å². The molecule has 0 aromatic heterocycles. The van der Waals surface area contributed by atoms with E-state index in [0.29, 0.717) is 6.61 Å². The topological polar surface area (TPSA) is 63.2 Å². The Bertz CT molecular complexity index is 377. The van der Waals surface area contributed by atoms with Crippen LogP contribution in [0.25, 0.3) is 0 Å². The molecule has 3 saturated heterocycles. The minimum Gasteiger partial charge on any atom is -0.455 e. The van der Waals surface area contributed by atoms with E-state index < -0.39 is 35.9 Å². The van der Waals surface area contributed by atoms with Crippen LogP contribution in [0.4, 0.5) is 0 Å². The summed E-state index contributed by atoms with van der Waals surface area (Å²) in [6.45, 7) is 7.53. The zero-order valence-corrected chi connectivity index (χ0v) is 11.0. The van der Waals surface area contributed by atoms with Crippen molar-refractivity contribution in [2.45, 2.75) is 63.7 Å². The first-order valence-electron chi connectivity index (χ1n) is 6.15. The van der Waals surface area contributed by atoms with Crippen molar-refractivity contribution in [1.82, 2.24) is 0 Å². The number of hydrogen-bond donors (Lipinski definition) is 0. The summed E-state index contributed by atoms with van der Waals surface area (Å²) < 4.78 is 28.0. The number of ether oxygens (including phenoxy) is 5. The van der Waals surface area contributed by atoms with Crippen LogP contribution in [0.5, 0.6) is 0 Å². The van der Waals surface area contributed by atoms with Gasteiger partial charge in [0.25, 0.3) is 0 Å². The second-order valence-electron chi connectivity index (χ2n) is 5.79. The van der Waals surface area contributed by atoms with Crippen molar-refractivity contribution in [2.24, 2.45) is 0 Å². The van der Waals surface area contributed by atoms with E-state index >= 15 is 0 Å². The van der Waals surface area contributed by atoms with Gasteiger partial charge in [0, 0.05) is 0 Å². The Morgan fingerprint density at radius 3 is 2.39 bits per heavy atom. The number of rotatable bonds is 0. The van der Waals surface area contributed by atoms with Gasteiger partial charge in [-0.1, -0.05) is 0 Å². The Balaban J connectivity index is 1.86. The fraction of sp³-hybridized carbons (Fsp3) is 0.917. The van der Waals surface area contributed by atoms with Gasteiger partial charge < -0.3 is 23.7 Å². The van der Waals surface area contributed by atoms with E-state index in [4.69, 9.17) is 23.7 Å². The maximum absolute atomic E-state index is 11.8. The lowest BCUT2D eigenvalue weighted by Crippen LogP contribution is -2.62. The van der Waals surface area contributed by atoms with Crippen molar-refractivity contribution in [1.29, 1.82) is 0 Å². The first-order chi connectivity index (χ1) is 8.27. The van der Waals surface area contributed by atoms with Crippen molar-refractivity contribution in [3.05, 3.63) is 0 Å². The molecule has 0 bridgehead atoms. The zero-order chi connectivity index (χ0) is 13.1. The predicted molar refractivity (Wildman–Crippen MR) is 58.6 cm³/mol. The quantitative estimate of drug-likeness (QED) is 0.592. The van der Waals surface area contributed by atoms with Crippen LogP contribution in [0.15, 0.2) is 0 Å². The second-order valence-corrected chi connectivity index (χ2v) is 5.79. The molecular formula is C12H18O6. The molecule has 0 spiro atoms. The van der Waals surface area contributed by atoms with Gasteiger partial charge in [0.2, 0.25) is 0 Å². The highest BCUT2D eigenvalue weighted by atomic mass is 16.8. The third kappa shape index (κ3) is 1.93. The normalized spacial score (nSPS) is 45.0. The van der Waals surface area contributed by atoms with Gasteiger partial charge >= 0.3 is 5.97 Å². The molecular weight excluding hydrogens is 240 g/mol. The molecule has 6 nitrogen and oxygen atoms in total. The molecule has 3 fully saturated rings. The summed E-state index contributed by atoms with van der Waals surface area (Å²) in [6.07, 6.45) is -1.92. The molecule has 0 saturated carbocycles. The van der Waals surface area contributed by atoms with Gasteiger partial charge in [0.1, 0.15) is 12.2 Å². The zero-order valence-electron chi connectivity index (χ0n) is 11.0. The molecule has 0 radical (unpaired) electrons. The monoisotopic (exact) mass is 258 g/mol. The van der Waals surface area contributed by atoms with E-state index in [1.807, 2.05) is 13.8 Å². The standard InChI is InChI=1S/C12H18O6/c1-11(2)14-5-6-7(16-11)8-9(10(13)15-6)18-12(3,4)17-8/h6-9H,5H2,1-4H3/t6-,7+,8+,9+/m1/s1. The molecule has 3 heterocycles. The molecule has 102 valence electrons. The second kappa shape index (κ2) is 3.66. The van der Waals surface area contributed by atoms with E-state index in [1.54, 1.807) is 13.8 Å². The molecule has 3 aliphatic rings. The lowest BCUT2D eigenvalue weighted by Gasteiger charge is -2.45. The Morgan fingerprint density at radius 1 is 1.00 bits per heavy atom. The Hall–Kier alpha value is -0.690. The van der Waals surface area contributed by atoms with Crippen molar-refractivity contribution < 1.29 is 28.5 Å². The SMILES string of the molecule is CC1(C)OC[C@H]2OC(=O)[C@H]3OC(C)(C)O[C@H]3[C@H]2O1. The van der Waals surface area contributed by atoms with Gasteiger partial charge in [0.05, 0.1) is 6.61 Å². The van der Waals surface area contributed by atoms with Crippen molar-refractivity contribution in [3.63, 3.8) is 0 Å². The van der Waals surface area contributed by atoms with Gasteiger partial charge in [0.15, 0.2) is 23.8 Å². The van der Waals surface area contributed by atoms with Crippen LogP contribution in [0.2, 0.25) is 0 Å². The average Bonchev–Trinajstić information content (AvgIpc) is 2.56. The molecule has 0 unspecified atom stereocenters. The molecule has 0 aromatic rings. The minimum absolute atomic E-state index is 0.316. The summed E-state index contributed by atoms with van der Waals surface area (Å²) in [6, 6.07) is 0. The number of carbonyl (C=O) groups excluding carboxylic acids is 1. The molecule has 3 aliphatic heterocycles. The summed E-state index contributed by atoms with van der Waals surface area (Å²) in [7, 11) is 0. The van der Waals surface area contributed by atoms with Crippen LogP contribution < -0.4 is 0 Å². The lowest BCUT2D eigenvalue weighted by atomic mass is 9.98. The molecule has 0 N–H and O–H groups in total. The van der Waals surface area contributed by atoms with Crippen LogP contribution in [-0.2, 0) is 28.5 Å². The minimum atomic E-state index is -0.797. The van der Waals surface area contributed by atoms with Crippen LogP contribution in [-0.4, -0.2) is 48.6 Å². The third-order valence-electron chi connectivity index (χ3n) is 3.33. The average molecular weight is 258 g/mol. The third-order valence-corrected chi connectivity index (χ3v) is 3.33. The van der Waals surface area contributed by atoms with Crippen LogP contribution in [0, 0.1) is 0 Å². The highest BCUT2D eigenvalue weighted by Crippen LogP contribution is 2.39. The Morgan fingerprint density at radius 2 is 1.67 bits per heavy atom. The fourth-order valence-electron chi connectivity index (χ4n) is 2.62. The first-order valence-corrected chi connectivity index (χ1v) is 6.15. The number of fused-ring (bicyclic) bond motifs is 3. The fourth-order valence-corrected chi connectivity index (χ4v) is 2.62. The maximum atomic E-state index is 11.8. The van der Waals surface area contributed by atoms with Gasteiger partial charge in [-0.2, -0.15) is 0 Å². The lowest BCUT2D eigenvalue weighted by molar-refractivity contribution is -0.331. The van der Waals surface area contributed by atoms with E-state index in [-0.39, 0.29) is 6.10 Å². The van der Waals surface area contributed by atoms with E-state index in [2.05, 4.69) is 0 Å². The van der Waals surface area contributed by atoms with Crippen molar-refractivity contribution in [2.75, 3.05) is 6.61 Å². The highest BCUT2D eigenvalue weighted by Gasteiger charge is 2.58. The summed E-state index contributed by atoms with van der Waals surface area (Å²) in [5, 5.41) is 0. The first kappa shape index (κ1) is 12.3. The number of carbonyl (C=O) groups is 1. The smallest absolute Gasteiger partial charge is 0.338 e. The molecule has 0 amide bonds. The maximum Gasteiger partial charge on any atom is 0.338 e. The van der Waals surface area contributed by atoms with Crippen LogP contribution in [0.3, 0.4) is 0 Å². The number of hydrogen-bond acceptors (Lipinski definition) is 6. The summed E-state index contributed by atoms with van der Waals surface area (Å²) in [5.41, 5.74) is 0. The van der Waals surface area contributed by atoms with E-state index in [9.17, 15) is 4.79 Å². The highest BCUT2D eigenvalue weighted by molar-refractivity contribution is 5.77. The van der Waals surface area contributed by atoms with Gasteiger partial charge in [-0.25, -0.2) is 4.79 Å². The van der Waals surface area contributed by atoms with Crippen molar-refractivity contribution in [3.8, 4) is 0 Å². The van der Waals surface area contributed by atoms with Crippen molar-refractivity contribution >= 4 is 5.97 Å². The molecule has 18 heavy (non-hydrogen) atoms. The van der Waals surface area contributed by atoms with E-state index in [1.165, 1.54) is 0 Å². The Labute approximate surface area is 105 Å². The molecule has 6 heteroatoms. The summed E-state index contributed by atoms with van der Waals surface area (Å²) in [4.78, 5) is 11.8. The predicted octanol–water partition coefficient (Wildman–Crippen LogP) is 0.583. The largest absolute Gasteiger partial charge is 0.455 e. The van der Waals surface area contributed by atoms with Gasteiger partial charge in [-0.05, 0) is 27.7 Å². The molecule has 0 aliphatic carbocycles. The van der Waals surface area contributed by atoms with Gasteiger partial charge in [-0.3, -0.25) is 0 Å². The van der Waals surface area contributed by atoms with Crippen LogP contribution in [0.1, 0.15) is 27.7 Å². The van der Waals surface area contributed by atoms with E-state index in [0.717, 1.165) is 0 Å². The number of esters is 1. The Kier molecular flexibility index (Phi) is 2.51. The molecule has 0 aromatic carbocycles. The summed E-state index contributed by atoms with van der Waals surface area (Å²) in [5.74, 6) is -1.90.